The van der Waals surface area contributed by atoms with Crippen molar-refractivity contribution < 1.29 is 14.2 Å². The standard InChI is InChI=1S/C12H17FO2/c1-10(14)5-2-3-8-15-12-7-4-6-11(13)9-12/h4,6-7,9-10,14H,2-3,5,8H2,1H3/t10-/m0/s1. The van der Waals surface area contributed by atoms with E-state index in [-0.39, 0.29) is 11.9 Å². The molecule has 0 unspecified atom stereocenters. The van der Waals surface area contributed by atoms with Crippen LogP contribution in [0.1, 0.15) is 26.2 Å². The Hall–Kier alpha value is -1.09. The number of aliphatic hydroxyl groups is 1. The minimum atomic E-state index is -0.281. The van der Waals surface area contributed by atoms with Gasteiger partial charge >= 0.3 is 0 Å². The van der Waals surface area contributed by atoms with Gasteiger partial charge in [0, 0.05) is 6.07 Å². The van der Waals surface area contributed by atoms with E-state index >= 15 is 0 Å². The summed E-state index contributed by atoms with van der Waals surface area (Å²) in [4.78, 5) is 0. The fourth-order valence-corrected chi connectivity index (χ4v) is 1.29. The van der Waals surface area contributed by atoms with Gasteiger partial charge < -0.3 is 9.84 Å². The first kappa shape index (κ1) is 12.0. The first-order valence-electron chi connectivity index (χ1n) is 5.25. The summed E-state index contributed by atoms with van der Waals surface area (Å²) in [5, 5.41) is 9.01. The molecule has 1 N–H and O–H groups in total. The summed E-state index contributed by atoms with van der Waals surface area (Å²) < 4.78 is 18.1. The number of hydrogen-bond acceptors (Lipinski definition) is 2. The predicted octanol–water partition coefficient (Wildman–Crippen LogP) is 2.76. The molecule has 0 aliphatic carbocycles. The molecule has 1 atom stereocenters. The second-order valence-electron chi connectivity index (χ2n) is 3.65. The zero-order valence-corrected chi connectivity index (χ0v) is 8.95. The van der Waals surface area contributed by atoms with Gasteiger partial charge in [-0.2, -0.15) is 0 Å². The van der Waals surface area contributed by atoms with E-state index in [2.05, 4.69) is 0 Å². The Labute approximate surface area is 89.7 Å². The molecule has 1 aromatic rings. The van der Waals surface area contributed by atoms with Gasteiger partial charge in [0.05, 0.1) is 12.7 Å². The van der Waals surface area contributed by atoms with Gasteiger partial charge in [-0.3, -0.25) is 0 Å². The van der Waals surface area contributed by atoms with Crippen molar-refractivity contribution in [1.82, 2.24) is 0 Å². The molecule has 84 valence electrons. The molecule has 2 nitrogen and oxygen atoms in total. The van der Waals surface area contributed by atoms with Gasteiger partial charge in [-0.05, 0) is 38.3 Å². The molecule has 0 amide bonds. The molecule has 0 heterocycles. The van der Waals surface area contributed by atoms with Crippen LogP contribution in [-0.4, -0.2) is 17.8 Å². The van der Waals surface area contributed by atoms with E-state index in [0.29, 0.717) is 12.4 Å². The number of aliphatic hydroxyl groups excluding tert-OH is 1. The fraction of sp³-hybridized carbons (Fsp3) is 0.500. The zero-order chi connectivity index (χ0) is 11.1. The number of halogens is 1. The Bertz CT molecular complexity index is 287. The summed E-state index contributed by atoms with van der Waals surface area (Å²) in [5.74, 6) is 0.281. The van der Waals surface area contributed by atoms with E-state index in [1.807, 2.05) is 0 Å². The van der Waals surface area contributed by atoms with Crippen molar-refractivity contribution in [2.24, 2.45) is 0 Å². The first-order valence-corrected chi connectivity index (χ1v) is 5.25. The minimum Gasteiger partial charge on any atom is -0.493 e. The van der Waals surface area contributed by atoms with Crippen molar-refractivity contribution in [3.63, 3.8) is 0 Å². The van der Waals surface area contributed by atoms with Gasteiger partial charge in [0.25, 0.3) is 0 Å². The van der Waals surface area contributed by atoms with Gasteiger partial charge in [-0.1, -0.05) is 6.07 Å². The fourth-order valence-electron chi connectivity index (χ4n) is 1.29. The molecule has 0 aromatic heterocycles. The van der Waals surface area contributed by atoms with Gasteiger partial charge in [0.15, 0.2) is 0 Å². The molecule has 0 spiro atoms. The van der Waals surface area contributed by atoms with Crippen LogP contribution in [0.4, 0.5) is 4.39 Å². The van der Waals surface area contributed by atoms with Crippen molar-refractivity contribution in [2.75, 3.05) is 6.61 Å². The van der Waals surface area contributed by atoms with Crippen LogP contribution in [-0.2, 0) is 0 Å². The summed E-state index contributed by atoms with van der Waals surface area (Å²) in [6, 6.07) is 6.12. The number of unbranched alkanes of at least 4 members (excludes halogenated alkanes) is 1. The van der Waals surface area contributed by atoms with Crippen LogP contribution in [0.3, 0.4) is 0 Å². The lowest BCUT2D eigenvalue weighted by Gasteiger charge is -2.06. The molecule has 1 aromatic carbocycles. The maximum Gasteiger partial charge on any atom is 0.126 e. The Morgan fingerprint density at radius 3 is 2.87 bits per heavy atom. The highest BCUT2D eigenvalue weighted by atomic mass is 19.1. The summed E-state index contributed by atoms with van der Waals surface area (Å²) >= 11 is 0. The molecule has 0 radical (unpaired) electrons. The third-order valence-corrected chi connectivity index (χ3v) is 2.08. The SMILES string of the molecule is C[C@H](O)CCCCOc1cccc(F)c1. The third-order valence-electron chi connectivity index (χ3n) is 2.08. The second-order valence-corrected chi connectivity index (χ2v) is 3.65. The smallest absolute Gasteiger partial charge is 0.126 e. The van der Waals surface area contributed by atoms with E-state index in [1.165, 1.54) is 12.1 Å². The van der Waals surface area contributed by atoms with Crippen LogP contribution >= 0.6 is 0 Å². The van der Waals surface area contributed by atoms with E-state index in [4.69, 9.17) is 9.84 Å². The quantitative estimate of drug-likeness (QED) is 0.735. The number of benzene rings is 1. The van der Waals surface area contributed by atoms with Gasteiger partial charge in [0.1, 0.15) is 11.6 Å². The van der Waals surface area contributed by atoms with E-state index in [1.54, 1.807) is 19.1 Å². The number of hydrogen-bond donors (Lipinski definition) is 1. The molecule has 0 aliphatic heterocycles. The lowest BCUT2D eigenvalue weighted by atomic mass is 10.2. The molecule has 0 saturated heterocycles. The summed E-state index contributed by atoms with van der Waals surface area (Å²) in [6.45, 7) is 2.34. The molecular weight excluding hydrogens is 195 g/mol. The van der Waals surface area contributed by atoms with E-state index in [9.17, 15) is 4.39 Å². The van der Waals surface area contributed by atoms with Crippen LogP contribution in [0.5, 0.6) is 5.75 Å². The summed E-state index contributed by atoms with van der Waals surface area (Å²) in [6.07, 6.45) is 2.33. The van der Waals surface area contributed by atoms with E-state index < -0.39 is 0 Å². The van der Waals surface area contributed by atoms with Gasteiger partial charge in [0.2, 0.25) is 0 Å². The monoisotopic (exact) mass is 212 g/mol. The van der Waals surface area contributed by atoms with Crippen LogP contribution < -0.4 is 4.74 Å². The molecule has 0 saturated carbocycles. The summed E-state index contributed by atoms with van der Waals surface area (Å²) in [7, 11) is 0. The maximum atomic E-state index is 12.7. The van der Waals surface area contributed by atoms with E-state index in [0.717, 1.165) is 19.3 Å². The van der Waals surface area contributed by atoms with Crippen molar-refractivity contribution in [3.8, 4) is 5.75 Å². The Morgan fingerprint density at radius 2 is 2.20 bits per heavy atom. The average Bonchev–Trinajstić information content (AvgIpc) is 2.17. The van der Waals surface area contributed by atoms with Gasteiger partial charge in [-0.15, -0.1) is 0 Å². The molecule has 1 rings (SSSR count). The molecule has 0 bridgehead atoms. The van der Waals surface area contributed by atoms with Gasteiger partial charge in [-0.25, -0.2) is 4.39 Å². The molecule has 15 heavy (non-hydrogen) atoms. The minimum absolute atomic E-state index is 0.251. The molecule has 0 aliphatic rings. The largest absolute Gasteiger partial charge is 0.493 e. The van der Waals surface area contributed by atoms with Crippen molar-refractivity contribution in [2.45, 2.75) is 32.3 Å². The van der Waals surface area contributed by atoms with Crippen molar-refractivity contribution >= 4 is 0 Å². The topological polar surface area (TPSA) is 29.5 Å². The normalized spacial score (nSPS) is 12.5. The Morgan fingerprint density at radius 1 is 1.40 bits per heavy atom. The average molecular weight is 212 g/mol. The van der Waals surface area contributed by atoms with Crippen molar-refractivity contribution in [3.05, 3.63) is 30.1 Å². The van der Waals surface area contributed by atoms with Crippen LogP contribution in [0.25, 0.3) is 0 Å². The Balaban J connectivity index is 2.15. The lowest BCUT2D eigenvalue weighted by Crippen LogP contribution is -2.02. The predicted molar refractivity (Wildman–Crippen MR) is 57.4 cm³/mol. The highest BCUT2D eigenvalue weighted by Crippen LogP contribution is 2.12. The first-order chi connectivity index (χ1) is 7.18. The molecular formula is C12H17FO2. The molecule has 0 fully saturated rings. The van der Waals surface area contributed by atoms with Crippen LogP contribution in [0.2, 0.25) is 0 Å². The second kappa shape index (κ2) is 6.40. The number of ether oxygens (including phenoxy) is 1. The van der Waals surface area contributed by atoms with Crippen molar-refractivity contribution in [1.29, 1.82) is 0 Å². The number of rotatable bonds is 6. The maximum absolute atomic E-state index is 12.7. The summed E-state index contributed by atoms with van der Waals surface area (Å²) in [5.41, 5.74) is 0. The highest BCUT2D eigenvalue weighted by Gasteiger charge is 1.97. The third kappa shape index (κ3) is 5.37. The lowest BCUT2D eigenvalue weighted by molar-refractivity contribution is 0.177. The Kier molecular flexibility index (Phi) is 5.12. The van der Waals surface area contributed by atoms with Crippen LogP contribution in [0.15, 0.2) is 24.3 Å². The highest BCUT2D eigenvalue weighted by molar-refractivity contribution is 5.22. The van der Waals surface area contributed by atoms with Crippen LogP contribution in [0, 0.1) is 5.82 Å². The molecule has 3 heteroatoms. The zero-order valence-electron chi connectivity index (χ0n) is 8.95.